The summed E-state index contributed by atoms with van der Waals surface area (Å²) >= 11 is 0. The molecule has 2 fully saturated rings. The lowest BCUT2D eigenvalue weighted by atomic mass is 10.2. The number of fused-ring (bicyclic) bond motifs is 3. The lowest BCUT2D eigenvalue weighted by Gasteiger charge is -2.40. The van der Waals surface area contributed by atoms with E-state index in [0.717, 1.165) is 18.4 Å². The minimum Gasteiger partial charge on any atom is -0.486 e. The Hall–Kier alpha value is -4.08. The molecular formula is C27H30N6O4. The number of nitrogens with zero attached hydrogens (tertiary/aromatic N) is 6. The van der Waals surface area contributed by atoms with Gasteiger partial charge in [0, 0.05) is 13.1 Å². The van der Waals surface area contributed by atoms with E-state index in [-0.39, 0.29) is 18.2 Å². The van der Waals surface area contributed by atoms with Crippen LogP contribution in [0.3, 0.4) is 0 Å². The predicted molar refractivity (Wildman–Crippen MR) is 137 cm³/mol. The van der Waals surface area contributed by atoms with Gasteiger partial charge in [0.15, 0.2) is 11.1 Å². The number of oxazole rings is 1. The lowest BCUT2D eigenvalue weighted by Crippen LogP contribution is -2.56. The van der Waals surface area contributed by atoms with Gasteiger partial charge in [-0.3, -0.25) is 4.90 Å². The zero-order chi connectivity index (χ0) is 25.6. The van der Waals surface area contributed by atoms with E-state index in [1.165, 1.54) is 4.80 Å². The highest BCUT2D eigenvalue weighted by Gasteiger charge is 2.45. The van der Waals surface area contributed by atoms with Crippen molar-refractivity contribution in [3.63, 3.8) is 0 Å². The van der Waals surface area contributed by atoms with Crippen molar-refractivity contribution in [1.82, 2.24) is 24.9 Å². The molecule has 10 nitrogen and oxygen atoms in total. The second kappa shape index (κ2) is 9.10. The predicted octanol–water partition coefficient (Wildman–Crippen LogP) is 4.58. The molecule has 192 valence electrons. The summed E-state index contributed by atoms with van der Waals surface area (Å²) in [6.07, 6.45) is 4.84. The highest BCUT2D eigenvalue weighted by atomic mass is 16.6. The molecule has 37 heavy (non-hydrogen) atoms. The van der Waals surface area contributed by atoms with Gasteiger partial charge in [-0.05, 0) is 51.3 Å². The average molecular weight is 503 g/mol. The van der Waals surface area contributed by atoms with E-state index in [0.29, 0.717) is 48.2 Å². The molecule has 2 saturated heterocycles. The number of piperazine rings is 1. The van der Waals surface area contributed by atoms with Gasteiger partial charge in [0.2, 0.25) is 0 Å². The van der Waals surface area contributed by atoms with Crippen molar-refractivity contribution in [2.24, 2.45) is 0 Å². The summed E-state index contributed by atoms with van der Waals surface area (Å²) in [6.45, 7) is 7.34. The Morgan fingerprint density at radius 3 is 2.41 bits per heavy atom. The van der Waals surface area contributed by atoms with Gasteiger partial charge in [0.05, 0.1) is 24.5 Å². The molecule has 1 amide bonds. The van der Waals surface area contributed by atoms with E-state index in [4.69, 9.17) is 18.9 Å². The number of carbonyl (C=O) groups excluding carboxylic acids is 1. The van der Waals surface area contributed by atoms with Crippen LogP contribution in [0.4, 0.5) is 10.8 Å². The maximum absolute atomic E-state index is 12.9. The molecular weight excluding hydrogens is 472 g/mol. The van der Waals surface area contributed by atoms with E-state index in [9.17, 15) is 4.79 Å². The maximum atomic E-state index is 12.9. The van der Waals surface area contributed by atoms with Crippen molar-refractivity contribution < 1.29 is 18.7 Å². The Kier molecular flexibility index (Phi) is 5.73. The van der Waals surface area contributed by atoms with Crippen LogP contribution in [-0.2, 0) is 11.3 Å². The van der Waals surface area contributed by atoms with Gasteiger partial charge in [0.1, 0.15) is 23.6 Å². The summed E-state index contributed by atoms with van der Waals surface area (Å²) < 4.78 is 18.2. The second-order valence-electron chi connectivity index (χ2n) is 10.5. The van der Waals surface area contributed by atoms with Crippen LogP contribution < -0.4 is 9.64 Å². The van der Waals surface area contributed by atoms with E-state index in [2.05, 4.69) is 15.1 Å². The number of hydrogen-bond donors (Lipinski definition) is 0. The highest BCUT2D eigenvalue weighted by molar-refractivity contribution is 5.88. The van der Waals surface area contributed by atoms with Gasteiger partial charge in [-0.25, -0.2) is 4.79 Å². The molecule has 4 heterocycles. The van der Waals surface area contributed by atoms with E-state index in [1.54, 1.807) is 12.4 Å². The molecule has 0 saturated carbocycles. The first-order valence-electron chi connectivity index (χ1n) is 12.6. The fraction of sp³-hybridized carbons (Fsp3) is 0.407. The Balaban J connectivity index is 1.30. The number of aromatic nitrogens is 4. The first kappa shape index (κ1) is 23.3. The zero-order valence-electron chi connectivity index (χ0n) is 21.2. The van der Waals surface area contributed by atoms with Gasteiger partial charge in [-0.1, -0.05) is 30.3 Å². The van der Waals surface area contributed by atoms with Gasteiger partial charge in [-0.2, -0.15) is 15.2 Å². The maximum Gasteiger partial charge on any atom is 0.410 e. The quantitative estimate of drug-likeness (QED) is 0.391. The monoisotopic (exact) mass is 502 g/mol. The number of rotatable bonds is 5. The third kappa shape index (κ3) is 4.59. The van der Waals surface area contributed by atoms with Crippen molar-refractivity contribution in [3.05, 3.63) is 60.4 Å². The van der Waals surface area contributed by atoms with Crippen LogP contribution >= 0.6 is 0 Å². The molecule has 10 heteroatoms. The molecule has 2 aliphatic heterocycles. The van der Waals surface area contributed by atoms with Gasteiger partial charge in [-0.15, -0.1) is 4.80 Å². The molecule has 2 aromatic carbocycles. The molecule has 0 spiro atoms. The van der Waals surface area contributed by atoms with Crippen molar-refractivity contribution in [2.45, 2.75) is 57.9 Å². The highest BCUT2D eigenvalue weighted by Crippen LogP contribution is 2.38. The Morgan fingerprint density at radius 2 is 1.73 bits per heavy atom. The summed E-state index contributed by atoms with van der Waals surface area (Å²) in [5.41, 5.74) is 2.38. The zero-order valence-corrected chi connectivity index (χ0v) is 21.2. The minimum atomic E-state index is -0.527. The van der Waals surface area contributed by atoms with E-state index >= 15 is 0 Å². The lowest BCUT2D eigenvalue weighted by molar-refractivity contribution is 0.0120. The first-order chi connectivity index (χ1) is 17.9. The Bertz CT molecular complexity index is 1380. The number of carbonyl (C=O) groups is 1. The van der Waals surface area contributed by atoms with E-state index in [1.807, 2.05) is 68.1 Å². The molecule has 6 rings (SSSR count). The standard InChI is InChI=1S/C27H30N6O4/c1-27(2,3)37-26(34)32-19-9-10-20(32)16-31(15-19)25-30-23-22(35-17-18-7-5-4-6-8-18)12-11-21(24(23)36-25)33-28-13-14-29-33/h4-8,11-14,19-20H,9-10,15-17H2,1-3H3. The molecule has 2 atom stereocenters. The fourth-order valence-corrected chi connectivity index (χ4v) is 5.12. The normalized spacial score (nSPS) is 19.4. The molecule has 2 bridgehead atoms. The number of benzene rings is 2. The van der Waals surface area contributed by atoms with Crippen LogP contribution in [-0.4, -0.2) is 61.7 Å². The van der Waals surface area contributed by atoms with Crippen LogP contribution in [0, 0.1) is 0 Å². The molecule has 2 unspecified atom stereocenters. The summed E-state index contributed by atoms with van der Waals surface area (Å²) in [7, 11) is 0. The van der Waals surface area contributed by atoms with Crippen LogP contribution in [0.5, 0.6) is 5.75 Å². The number of amides is 1. The van der Waals surface area contributed by atoms with Gasteiger partial charge in [0.25, 0.3) is 6.01 Å². The van der Waals surface area contributed by atoms with Gasteiger partial charge >= 0.3 is 6.09 Å². The van der Waals surface area contributed by atoms with Crippen LogP contribution in [0.15, 0.2) is 59.3 Å². The van der Waals surface area contributed by atoms with Crippen molar-refractivity contribution >= 4 is 23.2 Å². The van der Waals surface area contributed by atoms with Crippen LogP contribution in [0.25, 0.3) is 16.8 Å². The summed E-state index contributed by atoms with van der Waals surface area (Å²) in [5, 5.41) is 8.56. The Morgan fingerprint density at radius 1 is 1.03 bits per heavy atom. The number of ether oxygens (including phenoxy) is 2. The largest absolute Gasteiger partial charge is 0.486 e. The smallest absolute Gasteiger partial charge is 0.410 e. The summed E-state index contributed by atoms with van der Waals surface area (Å²) in [4.78, 5) is 23.3. The second-order valence-corrected chi connectivity index (χ2v) is 10.5. The van der Waals surface area contributed by atoms with Crippen LogP contribution in [0.2, 0.25) is 0 Å². The third-order valence-corrected chi connectivity index (χ3v) is 6.70. The average Bonchev–Trinajstić information content (AvgIpc) is 3.61. The molecule has 0 N–H and O–H groups in total. The van der Waals surface area contributed by atoms with Crippen LogP contribution in [0.1, 0.15) is 39.2 Å². The minimum absolute atomic E-state index is 0.0460. The molecule has 0 radical (unpaired) electrons. The fourth-order valence-electron chi connectivity index (χ4n) is 5.12. The molecule has 0 aliphatic carbocycles. The number of hydrogen-bond acceptors (Lipinski definition) is 8. The number of anilines is 1. The molecule has 2 aromatic heterocycles. The first-order valence-corrected chi connectivity index (χ1v) is 12.6. The molecule has 2 aliphatic rings. The summed E-state index contributed by atoms with van der Waals surface area (Å²) in [6, 6.07) is 14.3. The third-order valence-electron chi connectivity index (χ3n) is 6.70. The van der Waals surface area contributed by atoms with Crippen molar-refractivity contribution in [3.8, 4) is 11.4 Å². The van der Waals surface area contributed by atoms with Gasteiger partial charge < -0.3 is 18.8 Å². The van der Waals surface area contributed by atoms with Crippen molar-refractivity contribution in [2.75, 3.05) is 18.0 Å². The Labute approximate surface area is 214 Å². The van der Waals surface area contributed by atoms with E-state index < -0.39 is 5.60 Å². The SMILES string of the molecule is CC(C)(C)OC(=O)N1C2CCC1CN(c1nc3c(OCc4ccccc4)ccc(-n4nccn4)c3o1)C2. The topological polar surface area (TPSA) is 98.8 Å². The van der Waals surface area contributed by atoms with Crippen molar-refractivity contribution in [1.29, 1.82) is 0 Å². The summed E-state index contributed by atoms with van der Waals surface area (Å²) in [5.74, 6) is 0.625. The molecule has 4 aromatic rings.